The molecule has 0 spiro atoms. The fourth-order valence-electron chi connectivity index (χ4n) is 2.47. The molecule has 1 aromatic heterocycles. The van der Waals surface area contributed by atoms with E-state index in [2.05, 4.69) is 15.3 Å². The van der Waals surface area contributed by atoms with E-state index >= 15 is 0 Å². The number of alkyl halides is 3. The van der Waals surface area contributed by atoms with E-state index in [9.17, 15) is 13.2 Å². The van der Waals surface area contributed by atoms with Crippen molar-refractivity contribution < 1.29 is 13.2 Å². The molecule has 0 saturated carbocycles. The summed E-state index contributed by atoms with van der Waals surface area (Å²) < 4.78 is 38.6. The highest BCUT2D eigenvalue weighted by Gasteiger charge is 2.30. The van der Waals surface area contributed by atoms with Crippen LogP contribution < -0.4 is 5.32 Å². The van der Waals surface area contributed by atoms with E-state index in [0.717, 1.165) is 29.5 Å². The normalized spacial score (nSPS) is 11.7. The molecular formula is C18H16F3N3. The lowest BCUT2D eigenvalue weighted by molar-refractivity contribution is -0.137. The molecule has 0 saturated heterocycles. The number of hydrogen-bond acceptors (Lipinski definition) is 3. The molecule has 0 atom stereocenters. The fourth-order valence-corrected chi connectivity index (χ4v) is 2.47. The molecule has 3 aromatic rings. The predicted octanol–water partition coefficient (Wildman–Crippen LogP) is 5.34. The fraction of sp³-hybridized carbons (Fsp3) is 0.222. The first-order valence-electron chi connectivity index (χ1n) is 7.67. The second-order valence-corrected chi connectivity index (χ2v) is 5.46. The lowest BCUT2D eigenvalue weighted by atomic mass is 10.2. The summed E-state index contributed by atoms with van der Waals surface area (Å²) in [5.74, 6) is 1.19. The van der Waals surface area contributed by atoms with Crippen LogP contribution in [0, 0.1) is 0 Å². The maximum Gasteiger partial charge on any atom is 0.416 e. The Balaban J connectivity index is 2.03. The molecule has 0 aliphatic heterocycles. The zero-order valence-electron chi connectivity index (χ0n) is 13.1. The molecule has 1 heterocycles. The van der Waals surface area contributed by atoms with Crippen molar-refractivity contribution in [2.24, 2.45) is 0 Å². The predicted molar refractivity (Wildman–Crippen MR) is 88.3 cm³/mol. The molecule has 3 nitrogen and oxygen atoms in total. The van der Waals surface area contributed by atoms with Crippen molar-refractivity contribution in [3.05, 3.63) is 59.9 Å². The van der Waals surface area contributed by atoms with Gasteiger partial charge < -0.3 is 5.32 Å². The second-order valence-electron chi connectivity index (χ2n) is 5.46. The van der Waals surface area contributed by atoms with Crippen LogP contribution in [0.4, 0.5) is 24.7 Å². The largest absolute Gasteiger partial charge is 0.416 e. The number of aryl methyl sites for hydroxylation is 1. The summed E-state index contributed by atoms with van der Waals surface area (Å²) in [6, 6.07) is 12.5. The number of para-hydroxylation sites is 1. The molecule has 0 fully saturated rings. The highest BCUT2D eigenvalue weighted by Crippen LogP contribution is 2.32. The summed E-state index contributed by atoms with van der Waals surface area (Å²) in [4.78, 5) is 8.97. The molecule has 2 aromatic carbocycles. The Hall–Kier alpha value is -2.63. The zero-order valence-corrected chi connectivity index (χ0v) is 13.1. The third-order valence-corrected chi connectivity index (χ3v) is 3.58. The van der Waals surface area contributed by atoms with E-state index in [4.69, 9.17) is 0 Å². The summed E-state index contributed by atoms with van der Waals surface area (Å²) in [6.07, 6.45) is -2.78. The van der Waals surface area contributed by atoms with Gasteiger partial charge >= 0.3 is 6.18 Å². The third-order valence-electron chi connectivity index (χ3n) is 3.58. The molecule has 6 heteroatoms. The van der Waals surface area contributed by atoms with Crippen LogP contribution in [-0.4, -0.2) is 9.97 Å². The lowest BCUT2D eigenvalue weighted by Crippen LogP contribution is -2.06. The van der Waals surface area contributed by atoms with E-state index in [1.165, 1.54) is 6.07 Å². The van der Waals surface area contributed by atoms with E-state index < -0.39 is 11.7 Å². The highest BCUT2D eigenvalue weighted by molar-refractivity contribution is 5.90. The minimum Gasteiger partial charge on any atom is -0.340 e. The number of fused-ring (bicyclic) bond motifs is 1. The lowest BCUT2D eigenvalue weighted by Gasteiger charge is -2.12. The van der Waals surface area contributed by atoms with E-state index in [-0.39, 0.29) is 0 Å². The number of rotatable bonds is 4. The minimum atomic E-state index is -4.38. The minimum absolute atomic E-state index is 0.344. The van der Waals surface area contributed by atoms with Gasteiger partial charge in [-0.05, 0) is 36.8 Å². The van der Waals surface area contributed by atoms with Gasteiger partial charge in [-0.25, -0.2) is 9.97 Å². The van der Waals surface area contributed by atoms with Crippen molar-refractivity contribution in [1.29, 1.82) is 0 Å². The molecule has 0 amide bonds. The van der Waals surface area contributed by atoms with Crippen LogP contribution in [0.15, 0.2) is 48.5 Å². The summed E-state index contributed by atoms with van der Waals surface area (Å²) in [5, 5.41) is 3.78. The van der Waals surface area contributed by atoms with Gasteiger partial charge in [0.1, 0.15) is 11.6 Å². The molecule has 0 aliphatic rings. The Morgan fingerprint density at radius 3 is 2.54 bits per heavy atom. The second kappa shape index (κ2) is 6.47. The van der Waals surface area contributed by atoms with Gasteiger partial charge in [0.2, 0.25) is 0 Å². The van der Waals surface area contributed by atoms with Crippen molar-refractivity contribution in [3.8, 4) is 0 Å². The molecule has 1 N–H and O–H groups in total. The van der Waals surface area contributed by atoms with E-state index in [0.29, 0.717) is 23.8 Å². The third kappa shape index (κ3) is 3.48. The Bertz CT molecular complexity index is 859. The van der Waals surface area contributed by atoms with Gasteiger partial charge in [0.15, 0.2) is 0 Å². The van der Waals surface area contributed by atoms with Crippen molar-refractivity contribution in [3.63, 3.8) is 0 Å². The first-order chi connectivity index (χ1) is 11.5. The molecule has 0 bridgehead atoms. The Labute approximate surface area is 137 Å². The maximum absolute atomic E-state index is 12.9. The Morgan fingerprint density at radius 1 is 1.00 bits per heavy atom. The number of benzene rings is 2. The molecular weight excluding hydrogens is 315 g/mol. The molecule has 0 aliphatic carbocycles. The zero-order chi connectivity index (χ0) is 17.2. The number of hydrogen-bond donors (Lipinski definition) is 1. The van der Waals surface area contributed by atoms with Crippen molar-refractivity contribution in [2.45, 2.75) is 25.9 Å². The van der Waals surface area contributed by atoms with Crippen LogP contribution >= 0.6 is 0 Å². The van der Waals surface area contributed by atoms with Crippen LogP contribution in [0.25, 0.3) is 10.9 Å². The summed E-state index contributed by atoms with van der Waals surface area (Å²) in [5.41, 5.74) is 0.418. The maximum atomic E-state index is 12.9. The molecule has 3 rings (SSSR count). The summed E-state index contributed by atoms with van der Waals surface area (Å²) >= 11 is 0. The number of halogens is 3. The van der Waals surface area contributed by atoms with Crippen molar-refractivity contribution in [2.75, 3.05) is 5.32 Å². The number of nitrogens with zero attached hydrogens (tertiary/aromatic N) is 2. The molecule has 124 valence electrons. The van der Waals surface area contributed by atoms with Crippen LogP contribution in [0.3, 0.4) is 0 Å². The highest BCUT2D eigenvalue weighted by atomic mass is 19.4. The van der Waals surface area contributed by atoms with Gasteiger partial charge in [-0.3, -0.25) is 0 Å². The number of aromatic nitrogens is 2. The smallest absolute Gasteiger partial charge is 0.340 e. The Kier molecular flexibility index (Phi) is 4.38. The van der Waals surface area contributed by atoms with Gasteiger partial charge in [0.05, 0.1) is 11.1 Å². The SMILES string of the molecule is CCCc1nc(Nc2cccc(C(F)(F)F)c2)c2ccccc2n1. The van der Waals surface area contributed by atoms with Gasteiger partial charge in [0, 0.05) is 17.5 Å². The topological polar surface area (TPSA) is 37.8 Å². The molecule has 0 radical (unpaired) electrons. The van der Waals surface area contributed by atoms with Gasteiger partial charge in [0.25, 0.3) is 0 Å². The van der Waals surface area contributed by atoms with Crippen LogP contribution in [0.5, 0.6) is 0 Å². The number of anilines is 2. The summed E-state index contributed by atoms with van der Waals surface area (Å²) in [7, 11) is 0. The van der Waals surface area contributed by atoms with E-state index in [1.54, 1.807) is 6.07 Å². The molecule has 24 heavy (non-hydrogen) atoms. The standard InChI is InChI=1S/C18H16F3N3/c1-2-6-16-23-15-10-4-3-9-14(15)17(24-16)22-13-8-5-7-12(11-13)18(19,20)21/h3-5,7-11H,2,6H2,1H3,(H,22,23,24). The summed E-state index contributed by atoms with van der Waals surface area (Å²) in [6.45, 7) is 2.03. The van der Waals surface area contributed by atoms with Crippen LogP contribution in [0.2, 0.25) is 0 Å². The van der Waals surface area contributed by atoms with E-state index in [1.807, 2.05) is 31.2 Å². The quantitative estimate of drug-likeness (QED) is 0.701. The van der Waals surface area contributed by atoms with Crippen LogP contribution in [0.1, 0.15) is 24.7 Å². The van der Waals surface area contributed by atoms with Gasteiger partial charge in [-0.15, -0.1) is 0 Å². The Morgan fingerprint density at radius 2 is 1.79 bits per heavy atom. The molecule has 0 unspecified atom stereocenters. The average molecular weight is 331 g/mol. The van der Waals surface area contributed by atoms with Gasteiger partial charge in [-0.1, -0.05) is 25.1 Å². The average Bonchev–Trinajstić information content (AvgIpc) is 2.55. The monoisotopic (exact) mass is 331 g/mol. The van der Waals surface area contributed by atoms with Crippen molar-refractivity contribution >= 4 is 22.4 Å². The first kappa shape index (κ1) is 16.2. The first-order valence-corrected chi connectivity index (χ1v) is 7.67. The van der Waals surface area contributed by atoms with Crippen LogP contribution in [-0.2, 0) is 12.6 Å². The van der Waals surface area contributed by atoms with Crippen molar-refractivity contribution in [1.82, 2.24) is 9.97 Å². The number of nitrogens with one attached hydrogen (secondary N) is 1. The van der Waals surface area contributed by atoms with Gasteiger partial charge in [-0.2, -0.15) is 13.2 Å².